The molecule has 0 fully saturated rings. The van der Waals surface area contributed by atoms with Crippen molar-refractivity contribution < 1.29 is 9.53 Å². The Bertz CT molecular complexity index is 524. The maximum Gasteiger partial charge on any atom is 0.309 e. The third kappa shape index (κ3) is 20.5. The molecule has 0 aromatic heterocycles. The van der Waals surface area contributed by atoms with Crippen LogP contribution in [0.5, 0.6) is 0 Å². The summed E-state index contributed by atoms with van der Waals surface area (Å²) in [6.07, 6.45) is 20.0. The number of carbonyl (C=O) groups excluding carboxylic acids is 1. The first-order chi connectivity index (χ1) is 16.8. The van der Waals surface area contributed by atoms with Gasteiger partial charge in [0, 0.05) is 0 Å². The van der Waals surface area contributed by atoms with E-state index >= 15 is 0 Å². The first-order valence-electron chi connectivity index (χ1n) is 16.0. The summed E-state index contributed by atoms with van der Waals surface area (Å²) in [6, 6.07) is 0. The van der Waals surface area contributed by atoms with Gasteiger partial charge >= 0.3 is 5.97 Å². The van der Waals surface area contributed by atoms with Gasteiger partial charge in [0.15, 0.2) is 0 Å². The van der Waals surface area contributed by atoms with Crippen LogP contribution in [-0.4, -0.2) is 12.6 Å². The van der Waals surface area contributed by atoms with Crippen LogP contribution < -0.4 is 0 Å². The number of hydrogen-bond donors (Lipinski definition) is 0. The Labute approximate surface area is 228 Å². The highest BCUT2D eigenvalue weighted by atomic mass is 16.5. The predicted octanol–water partition coefficient (Wildman–Crippen LogP) is 11.4. The fourth-order valence-corrected chi connectivity index (χ4v) is 6.05. The maximum absolute atomic E-state index is 13.5. The Morgan fingerprint density at radius 3 is 1.61 bits per heavy atom. The first-order valence-corrected chi connectivity index (χ1v) is 16.0. The van der Waals surface area contributed by atoms with Gasteiger partial charge in [-0.1, -0.05) is 133 Å². The molecule has 0 amide bonds. The predicted molar refractivity (Wildman–Crippen MR) is 160 cm³/mol. The second kappa shape index (κ2) is 19.5. The van der Waals surface area contributed by atoms with Crippen molar-refractivity contribution in [3.63, 3.8) is 0 Å². The molecule has 0 aliphatic carbocycles. The molecule has 0 aromatic rings. The summed E-state index contributed by atoms with van der Waals surface area (Å²) in [5.41, 5.74) is 0.572. The molecule has 0 spiro atoms. The van der Waals surface area contributed by atoms with Crippen LogP contribution in [-0.2, 0) is 9.53 Å². The summed E-state index contributed by atoms with van der Waals surface area (Å²) in [5, 5.41) is 0. The summed E-state index contributed by atoms with van der Waals surface area (Å²) in [4.78, 5) is 13.5. The van der Waals surface area contributed by atoms with Gasteiger partial charge in [0.05, 0.1) is 12.5 Å². The van der Waals surface area contributed by atoms with E-state index in [1.807, 2.05) is 0 Å². The van der Waals surface area contributed by atoms with E-state index < -0.39 is 0 Å². The summed E-state index contributed by atoms with van der Waals surface area (Å²) in [6.45, 7) is 23.7. The molecule has 36 heavy (non-hydrogen) atoms. The fourth-order valence-electron chi connectivity index (χ4n) is 6.05. The topological polar surface area (TPSA) is 26.3 Å². The zero-order valence-corrected chi connectivity index (χ0v) is 26.6. The van der Waals surface area contributed by atoms with Crippen molar-refractivity contribution in [2.24, 2.45) is 34.5 Å². The first kappa shape index (κ1) is 35.5. The number of carbonyl (C=O) groups is 1. The van der Waals surface area contributed by atoms with Crippen molar-refractivity contribution in [1.82, 2.24) is 0 Å². The van der Waals surface area contributed by atoms with E-state index in [1.54, 1.807) is 0 Å². The molecular weight excluding hydrogens is 440 g/mol. The van der Waals surface area contributed by atoms with Gasteiger partial charge in [-0.25, -0.2) is 0 Å². The minimum absolute atomic E-state index is 0.0291. The van der Waals surface area contributed by atoms with Gasteiger partial charge < -0.3 is 4.74 Å². The molecule has 2 nitrogen and oxygen atoms in total. The van der Waals surface area contributed by atoms with Crippen molar-refractivity contribution in [3.05, 3.63) is 0 Å². The Morgan fingerprint density at radius 1 is 0.639 bits per heavy atom. The van der Waals surface area contributed by atoms with Crippen LogP contribution in [0.4, 0.5) is 0 Å². The Kier molecular flexibility index (Phi) is 19.2. The Hall–Kier alpha value is -0.530. The van der Waals surface area contributed by atoms with Gasteiger partial charge in [0.25, 0.3) is 0 Å². The summed E-state index contributed by atoms with van der Waals surface area (Å²) in [5.74, 6) is 1.65. The molecular formula is C34H68O2. The Balaban J connectivity index is 5.03. The van der Waals surface area contributed by atoms with Crippen LogP contribution >= 0.6 is 0 Å². The van der Waals surface area contributed by atoms with Gasteiger partial charge in [-0.15, -0.1) is 0 Å². The zero-order chi connectivity index (χ0) is 27.6. The Morgan fingerprint density at radius 2 is 1.11 bits per heavy atom. The van der Waals surface area contributed by atoms with Gasteiger partial charge in [-0.3, -0.25) is 4.79 Å². The SMILES string of the molecule is CCCCCCCCC(CCCCCC)COC(=O)C(CCC(C)CC(C)(C)C)C(C)CC(C)(C)C. The average Bonchev–Trinajstić information content (AvgIpc) is 2.74. The van der Waals surface area contributed by atoms with E-state index in [0.717, 1.165) is 19.3 Å². The van der Waals surface area contributed by atoms with E-state index in [2.05, 4.69) is 69.2 Å². The van der Waals surface area contributed by atoms with Crippen LogP contribution in [0, 0.1) is 34.5 Å². The quantitative estimate of drug-likeness (QED) is 0.114. The maximum atomic E-state index is 13.5. The second-order valence-corrected chi connectivity index (χ2v) is 14.7. The summed E-state index contributed by atoms with van der Waals surface area (Å²) >= 11 is 0. The smallest absolute Gasteiger partial charge is 0.309 e. The number of rotatable bonds is 21. The highest BCUT2D eigenvalue weighted by Gasteiger charge is 2.31. The number of ether oxygens (including phenoxy) is 1. The van der Waals surface area contributed by atoms with Crippen LogP contribution in [0.25, 0.3) is 0 Å². The standard InChI is InChI=1S/C34H68O2/c1-11-13-15-17-18-20-22-30(21-19-16-14-12-2)27-36-32(35)31(29(4)26-34(8,9)10)24-23-28(3)25-33(5,6)7/h28-31H,11-27H2,1-10H3. The lowest BCUT2D eigenvalue weighted by Gasteiger charge is -2.30. The molecule has 4 unspecified atom stereocenters. The fraction of sp³-hybridized carbons (Fsp3) is 0.971. The van der Waals surface area contributed by atoms with Crippen LogP contribution in [0.15, 0.2) is 0 Å². The number of unbranched alkanes of at least 4 members (excludes halogenated alkanes) is 8. The van der Waals surface area contributed by atoms with E-state index in [1.165, 1.54) is 83.5 Å². The van der Waals surface area contributed by atoms with Crippen molar-refractivity contribution >= 4 is 5.97 Å². The molecule has 0 saturated heterocycles. The van der Waals surface area contributed by atoms with Crippen LogP contribution in [0.3, 0.4) is 0 Å². The normalized spacial score (nSPS) is 15.9. The van der Waals surface area contributed by atoms with Crippen molar-refractivity contribution in [3.8, 4) is 0 Å². The van der Waals surface area contributed by atoms with Crippen molar-refractivity contribution in [2.45, 2.75) is 172 Å². The molecule has 4 atom stereocenters. The van der Waals surface area contributed by atoms with Crippen LogP contribution in [0.2, 0.25) is 0 Å². The van der Waals surface area contributed by atoms with E-state index in [9.17, 15) is 4.79 Å². The molecule has 0 aliphatic heterocycles. The van der Waals surface area contributed by atoms with Gasteiger partial charge in [0.2, 0.25) is 0 Å². The monoisotopic (exact) mass is 509 g/mol. The minimum atomic E-state index is 0.0291. The molecule has 0 N–H and O–H groups in total. The van der Waals surface area contributed by atoms with Gasteiger partial charge in [-0.2, -0.15) is 0 Å². The lowest BCUT2D eigenvalue weighted by molar-refractivity contribution is -0.152. The molecule has 0 bridgehead atoms. The number of hydrogen-bond acceptors (Lipinski definition) is 2. The molecule has 2 heteroatoms. The van der Waals surface area contributed by atoms with Crippen molar-refractivity contribution in [2.75, 3.05) is 6.61 Å². The molecule has 0 rings (SSSR count). The van der Waals surface area contributed by atoms with Gasteiger partial charge in [-0.05, 0) is 67.1 Å². The van der Waals surface area contributed by atoms with Gasteiger partial charge in [0.1, 0.15) is 0 Å². The van der Waals surface area contributed by atoms with Crippen LogP contribution in [0.1, 0.15) is 172 Å². The molecule has 0 aliphatic rings. The third-order valence-corrected chi connectivity index (χ3v) is 7.75. The van der Waals surface area contributed by atoms with E-state index in [4.69, 9.17) is 4.74 Å². The molecule has 0 aromatic carbocycles. The highest BCUT2D eigenvalue weighted by Crippen LogP contribution is 2.34. The largest absolute Gasteiger partial charge is 0.465 e. The molecule has 0 radical (unpaired) electrons. The average molecular weight is 509 g/mol. The highest BCUT2D eigenvalue weighted by molar-refractivity contribution is 5.72. The van der Waals surface area contributed by atoms with E-state index in [-0.39, 0.29) is 17.3 Å². The summed E-state index contributed by atoms with van der Waals surface area (Å²) < 4.78 is 6.15. The molecule has 216 valence electrons. The second-order valence-electron chi connectivity index (χ2n) is 14.7. The van der Waals surface area contributed by atoms with E-state index in [0.29, 0.717) is 29.8 Å². The lowest BCUT2D eigenvalue weighted by Crippen LogP contribution is -2.29. The number of esters is 1. The van der Waals surface area contributed by atoms with Crippen molar-refractivity contribution in [1.29, 1.82) is 0 Å². The molecule has 0 heterocycles. The third-order valence-electron chi connectivity index (χ3n) is 7.75. The molecule has 0 saturated carbocycles. The summed E-state index contributed by atoms with van der Waals surface area (Å²) in [7, 11) is 0. The zero-order valence-electron chi connectivity index (χ0n) is 26.6. The lowest BCUT2D eigenvalue weighted by atomic mass is 9.76. The minimum Gasteiger partial charge on any atom is -0.465 e.